The van der Waals surface area contributed by atoms with E-state index in [1.807, 2.05) is 18.2 Å². The van der Waals surface area contributed by atoms with E-state index in [0.717, 1.165) is 15.4 Å². The quantitative estimate of drug-likeness (QED) is 0.812. The molecule has 0 radical (unpaired) electrons. The van der Waals surface area contributed by atoms with Crippen LogP contribution in [-0.4, -0.2) is 10.1 Å². The van der Waals surface area contributed by atoms with Crippen molar-refractivity contribution in [3.8, 4) is 0 Å². The summed E-state index contributed by atoms with van der Waals surface area (Å²) >= 11 is 9.45. The lowest BCUT2D eigenvalue weighted by molar-refractivity contribution is 0.278. The minimum atomic E-state index is -0.0695. The third-order valence-electron chi connectivity index (χ3n) is 1.94. The van der Waals surface area contributed by atoms with Crippen LogP contribution in [0.5, 0.6) is 0 Å². The van der Waals surface area contributed by atoms with E-state index in [4.69, 9.17) is 16.7 Å². The molecule has 0 fully saturated rings. The maximum absolute atomic E-state index is 8.98. The van der Waals surface area contributed by atoms with Crippen molar-refractivity contribution >= 4 is 38.4 Å². The average molecular weight is 261 g/mol. The molecule has 1 aromatic carbocycles. The van der Waals surface area contributed by atoms with Gasteiger partial charge in [0.25, 0.3) is 0 Å². The van der Waals surface area contributed by atoms with Crippen LogP contribution in [0.3, 0.4) is 0 Å². The van der Waals surface area contributed by atoms with Crippen LogP contribution in [-0.2, 0) is 6.61 Å². The molecule has 0 amide bonds. The number of aromatic amines is 1. The smallest absolute Gasteiger partial charge is 0.0846 e. The van der Waals surface area contributed by atoms with Crippen LogP contribution in [0, 0.1) is 0 Å². The maximum atomic E-state index is 8.98. The molecule has 0 saturated heterocycles. The second kappa shape index (κ2) is 3.33. The van der Waals surface area contributed by atoms with Crippen LogP contribution < -0.4 is 0 Å². The maximum Gasteiger partial charge on any atom is 0.0846 e. The Kier molecular flexibility index (Phi) is 2.32. The Morgan fingerprint density at radius 3 is 2.85 bits per heavy atom. The molecule has 0 aliphatic heterocycles. The summed E-state index contributed by atoms with van der Waals surface area (Å²) < 4.78 is 0.936. The normalized spacial score (nSPS) is 11.0. The van der Waals surface area contributed by atoms with Gasteiger partial charge in [0.05, 0.1) is 17.3 Å². The molecular weight excluding hydrogens is 253 g/mol. The van der Waals surface area contributed by atoms with Crippen molar-refractivity contribution in [3.05, 3.63) is 33.4 Å². The van der Waals surface area contributed by atoms with Crippen molar-refractivity contribution in [1.29, 1.82) is 0 Å². The fourth-order valence-corrected chi connectivity index (χ4v) is 2.32. The van der Waals surface area contributed by atoms with E-state index in [-0.39, 0.29) is 6.61 Å². The van der Waals surface area contributed by atoms with Crippen LogP contribution in [0.4, 0.5) is 0 Å². The number of hydrogen-bond acceptors (Lipinski definition) is 1. The van der Waals surface area contributed by atoms with E-state index in [2.05, 4.69) is 20.9 Å². The standard InChI is InChI=1S/C9H7BrClNO/c10-5-2-1-3-6-8(5)9(11)7(4-13)12-6/h1-3,12-13H,4H2. The van der Waals surface area contributed by atoms with Gasteiger partial charge in [-0.15, -0.1) is 0 Å². The molecule has 1 aromatic heterocycles. The molecule has 0 aliphatic carbocycles. The molecule has 0 unspecified atom stereocenters. The number of rotatable bonds is 1. The Morgan fingerprint density at radius 2 is 2.23 bits per heavy atom. The molecule has 0 atom stereocenters. The Morgan fingerprint density at radius 1 is 1.46 bits per heavy atom. The first kappa shape index (κ1) is 9.06. The largest absolute Gasteiger partial charge is 0.390 e. The van der Waals surface area contributed by atoms with Gasteiger partial charge in [-0.2, -0.15) is 0 Å². The highest BCUT2D eigenvalue weighted by Gasteiger charge is 2.10. The van der Waals surface area contributed by atoms with Crippen LogP contribution in [0.15, 0.2) is 22.7 Å². The zero-order chi connectivity index (χ0) is 9.42. The molecule has 68 valence electrons. The molecule has 13 heavy (non-hydrogen) atoms. The van der Waals surface area contributed by atoms with Gasteiger partial charge in [-0.25, -0.2) is 0 Å². The Balaban J connectivity index is 2.85. The molecule has 2 aromatic rings. The highest BCUT2D eigenvalue weighted by molar-refractivity contribution is 9.10. The number of halogens is 2. The lowest BCUT2D eigenvalue weighted by atomic mass is 10.2. The average Bonchev–Trinajstić information content (AvgIpc) is 2.44. The molecule has 2 rings (SSSR count). The van der Waals surface area contributed by atoms with E-state index >= 15 is 0 Å². The third kappa shape index (κ3) is 1.37. The number of benzene rings is 1. The first-order chi connectivity index (χ1) is 6.24. The monoisotopic (exact) mass is 259 g/mol. The van der Waals surface area contributed by atoms with Crippen LogP contribution in [0.2, 0.25) is 5.02 Å². The predicted octanol–water partition coefficient (Wildman–Crippen LogP) is 3.08. The highest BCUT2D eigenvalue weighted by atomic mass is 79.9. The minimum absolute atomic E-state index is 0.0695. The van der Waals surface area contributed by atoms with Gasteiger partial charge in [0.2, 0.25) is 0 Å². The lowest BCUT2D eigenvalue weighted by Crippen LogP contribution is -1.81. The zero-order valence-corrected chi connectivity index (χ0v) is 8.98. The molecule has 2 N–H and O–H groups in total. The number of aliphatic hydroxyl groups excluding tert-OH is 1. The number of aliphatic hydroxyl groups is 1. The molecule has 0 spiro atoms. The SMILES string of the molecule is OCc1[nH]c2cccc(Br)c2c1Cl. The summed E-state index contributed by atoms with van der Waals surface area (Å²) in [6, 6.07) is 5.76. The summed E-state index contributed by atoms with van der Waals surface area (Å²) in [5.41, 5.74) is 1.59. The van der Waals surface area contributed by atoms with Gasteiger partial charge in [-0.05, 0) is 12.1 Å². The van der Waals surface area contributed by atoms with Gasteiger partial charge in [-0.3, -0.25) is 0 Å². The molecule has 0 aliphatic rings. The fraction of sp³-hybridized carbons (Fsp3) is 0.111. The Labute approximate surface area is 88.7 Å². The summed E-state index contributed by atoms with van der Waals surface area (Å²) in [5.74, 6) is 0. The summed E-state index contributed by atoms with van der Waals surface area (Å²) in [4.78, 5) is 3.04. The predicted molar refractivity (Wildman–Crippen MR) is 56.9 cm³/mol. The number of H-pyrrole nitrogens is 1. The van der Waals surface area contributed by atoms with Crippen molar-refractivity contribution < 1.29 is 5.11 Å². The summed E-state index contributed by atoms with van der Waals surface area (Å²) in [6.45, 7) is -0.0695. The van der Waals surface area contributed by atoms with Gasteiger partial charge in [0.15, 0.2) is 0 Å². The lowest BCUT2D eigenvalue weighted by Gasteiger charge is -1.93. The van der Waals surface area contributed by atoms with Gasteiger partial charge in [0, 0.05) is 15.4 Å². The molecule has 1 heterocycles. The van der Waals surface area contributed by atoms with Crippen molar-refractivity contribution in [2.45, 2.75) is 6.61 Å². The number of aromatic nitrogens is 1. The summed E-state index contributed by atoms with van der Waals surface area (Å²) in [5, 5.41) is 10.5. The van der Waals surface area contributed by atoms with Crippen molar-refractivity contribution in [2.75, 3.05) is 0 Å². The Hall–Kier alpha value is -0.510. The number of hydrogen-bond donors (Lipinski definition) is 2. The van der Waals surface area contributed by atoms with E-state index in [0.29, 0.717) is 10.7 Å². The highest BCUT2D eigenvalue weighted by Crippen LogP contribution is 2.33. The topological polar surface area (TPSA) is 36.0 Å². The first-order valence-electron chi connectivity index (χ1n) is 3.79. The summed E-state index contributed by atoms with van der Waals surface area (Å²) in [7, 11) is 0. The number of nitrogens with one attached hydrogen (secondary N) is 1. The number of fused-ring (bicyclic) bond motifs is 1. The van der Waals surface area contributed by atoms with Gasteiger partial charge in [0.1, 0.15) is 0 Å². The second-order valence-corrected chi connectivity index (χ2v) is 3.97. The van der Waals surface area contributed by atoms with Crippen LogP contribution in [0.1, 0.15) is 5.69 Å². The summed E-state index contributed by atoms with van der Waals surface area (Å²) in [6.07, 6.45) is 0. The minimum Gasteiger partial charge on any atom is -0.390 e. The van der Waals surface area contributed by atoms with Crippen molar-refractivity contribution in [2.24, 2.45) is 0 Å². The zero-order valence-electron chi connectivity index (χ0n) is 6.64. The van der Waals surface area contributed by atoms with Crippen LogP contribution in [0.25, 0.3) is 10.9 Å². The molecular formula is C9H7BrClNO. The molecule has 0 saturated carbocycles. The Bertz CT molecular complexity index is 452. The third-order valence-corrected chi connectivity index (χ3v) is 3.02. The molecule has 4 heteroatoms. The van der Waals surface area contributed by atoms with Crippen molar-refractivity contribution in [1.82, 2.24) is 4.98 Å². The van der Waals surface area contributed by atoms with E-state index in [9.17, 15) is 0 Å². The molecule has 0 bridgehead atoms. The fourth-order valence-electron chi connectivity index (χ4n) is 1.33. The van der Waals surface area contributed by atoms with E-state index in [1.165, 1.54) is 0 Å². The van der Waals surface area contributed by atoms with Gasteiger partial charge >= 0.3 is 0 Å². The first-order valence-corrected chi connectivity index (χ1v) is 4.96. The van der Waals surface area contributed by atoms with Gasteiger partial charge < -0.3 is 10.1 Å². The second-order valence-electron chi connectivity index (χ2n) is 2.74. The van der Waals surface area contributed by atoms with Crippen molar-refractivity contribution in [3.63, 3.8) is 0 Å². The van der Waals surface area contributed by atoms with E-state index in [1.54, 1.807) is 0 Å². The molecule has 2 nitrogen and oxygen atoms in total. The van der Waals surface area contributed by atoms with E-state index < -0.39 is 0 Å². The van der Waals surface area contributed by atoms with Gasteiger partial charge in [-0.1, -0.05) is 33.6 Å². The van der Waals surface area contributed by atoms with Crippen LogP contribution >= 0.6 is 27.5 Å².